The summed E-state index contributed by atoms with van der Waals surface area (Å²) in [4.78, 5) is 23.8. The quantitative estimate of drug-likeness (QED) is 0.697. The molecule has 4 N–H and O–H groups in total. The van der Waals surface area contributed by atoms with Crippen molar-refractivity contribution in [1.82, 2.24) is 10.6 Å². The highest BCUT2D eigenvalue weighted by Gasteiger charge is 2.21. The Labute approximate surface area is 113 Å². The molecule has 0 radical (unpaired) electrons. The standard InChI is InChI=1S/C14H21N3O2/c1-9(2)8-12(14(19)16-3)17-13(18)10-4-6-11(15)7-5-10/h4-7,9,12H,8,15H2,1-3H3,(H,16,19)(H,17,18). The molecule has 104 valence electrons. The van der Waals surface area contributed by atoms with E-state index in [2.05, 4.69) is 10.6 Å². The lowest BCUT2D eigenvalue weighted by molar-refractivity contribution is -0.122. The molecular weight excluding hydrogens is 242 g/mol. The number of rotatable bonds is 5. The van der Waals surface area contributed by atoms with Crippen molar-refractivity contribution in [2.45, 2.75) is 26.3 Å². The molecule has 19 heavy (non-hydrogen) atoms. The summed E-state index contributed by atoms with van der Waals surface area (Å²) in [5.41, 5.74) is 6.66. The van der Waals surface area contributed by atoms with Crippen molar-refractivity contribution >= 4 is 17.5 Å². The number of hydrogen-bond acceptors (Lipinski definition) is 3. The molecule has 0 spiro atoms. The smallest absolute Gasteiger partial charge is 0.251 e. The Hall–Kier alpha value is -2.04. The topological polar surface area (TPSA) is 84.2 Å². The molecule has 0 saturated heterocycles. The lowest BCUT2D eigenvalue weighted by Gasteiger charge is -2.19. The molecule has 1 atom stereocenters. The second-order valence-electron chi connectivity index (χ2n) is 4.89. The molecule has 1 rings (SSSR count). The van der Waals surface area contributed by atoms with Gasteiger partial charge in [0, 0.05) is 18.3 Å². The molecule has 0 bridgehead atoms. The van der Waals surface area contributed by atoms with Gasteiger partial charge in [0.05, 0.1) is 0 Å². The number of nitrogen functional groups attached to an aromatic ring is 1. The molecule has 0 aliphatic carbocycles. The molecule has 5 heteroatoms. The number of nitrogens with two attached hydrogens (primary N) is 1. The summed E-state index contributed by atoms with van der Waals surface area (Å²) >= 11 is 0. The molecule has 0 aliphatic rings. The third kappa shape index (κ3) is 4.62. The summed E-state index contributed by atoms with van der Waals surface area (Å²) in [5, 5.41) is 5.31. The summed E-state index contributed by atoms with van der Waals surface area (Å²) in [6.07, 6.45) is 0.598. The van der Waals surface area contributed by atoms with Crippen molar-refractivity contribution in [2.24, 2.45) is 5.92 Å². The lowest BCUT2D eigenvalue weighted by atomic mass is 10.0. The van der Waals surface area contributed by atoms with Crippen LogP contribution in [0.25, 0.3) is 0 Å². The van der Waals surface area contributed by atoms with Crippen LogP contribution >= 0.6 is 0 Å². The minimum atomic E-state index is -0.518. The molecule has 0 saturated carbocycles. The molecule has 0 fully saturated rings. The van der Waals surface area contributed by atoms with Gasteiger partial charge in [-0.2, -0.15) is 0 Å². The van der Waals surface area contributed by atoms with Crippen molar-refractivity contribution in [1.29, 1.82) is 0 Å². The highest BCUT2D eigenvalue weighted by Crippen LogP contribution is 2.08. The maximum atomic E-state index is 12.0. The number of carbonyl (C=O) groups is 2. The number of nitrogens with one attached hydrogen (secondary N) is 2. The van der Waals surface area contributed by atoms with E-state index in [9.17, 15) is 9.59 Å². The Morgan fingerprint density at radius 1 is 1.21 bits per heavy atom. The molecular formula is C14H21N3O2. The zero-order valence-electron chi connectivity index (χ0n) is 11.6. The molecule has 0 heterocycles. The van der Waals surface area contributed by atoms with Gasteiger partial charge >= 0.3 is 0 Å². The Morgan fingerprint density at radius 3 is 2.26 bits per heavy atom. The maximum Gasteiger partial charge on any atom is 0.251 e. The van der Waals surface area contributed by atoms with Gasteiger partial charge in [0.15, 0.2) is 0 Å². The van der Waals surface area contributed by atoms with Gasteiger partial charge < -0.3 is 16.4 Å². The predicted octanol–water partition coefficient (Wildman–Crippen LogP) is 1.16. The fourth-order valence-corrected chi connectivity index (χ4v) is 1.75. The molecule has 2 amide bonds. The first-order valence-electron chi connectivity index (χ1n) is 6.32. The third-order valence-corrected chi connectivity index (χ3v) is 2.75. The summed E-state index contributed by atoms with van der Waals surface area (Å²) < 4.78 is 0. The molecule has 1 unspecified atom stereocenters. The van der Waals surface area contributed by atoms with Crippen LogP contribution < -0.4 is 16.4 Å². The fourth-order valence-electron chi connectivity index (χ4n) is 1.75. The number of likely N-dealkylation sites (N-methyl/N-ethyl adjacent to an activating group) is 1. The first kappa shape index (κ1) is 15.0. The summed E-state index contributed by atoms with van der Waals surface area (Å²) in [7, 11) is 1.56. The van der Waals surface area contributed by atoms with E-state index in [-0.39, 0.29) is 11.8 Å². The van der Waals surface area contributed by atoms with Gasteiger partial charge in [-0.15, -0.1) is 0 Å². The van der Waals surface area contributed by atoms with Crippen molar-refractivity contribution < 1.29 is 9.59 Å². The van der Waals surface area contributed by atoms with Crippen molar-refractivity contribution in [3.8, 4) is 0 Å². The third-order valence-electron chi connectivity index (χ3n) is 2.75. The first-order chi connectivity index (χ1) is 8.93. The van der Waals surface area contributed by atoms with Gasteiger partial charge in [-0.25, -0.2) is 0 Å². The van der Waals surface area contributed by atoms with E-state index >= 15 is 0 Å². The second-order valence-corrected chi connectivity index (χ2v) is 4.89. The van der Waals surface area contributed by atoms with Gasteiger partial charge in [0.25, 0.3) is 5.91 Å². The van der Waals surface area contributed by atoms with Gasteiger partial charge in [-0.1, -0.05) is 13.8 Å². The van der Waals surface area contributed by atoms with Crippen LogP contribution in [0, 0.1) is 5.92 Å². The maximum absolute atomic E-state index is 12.0. The molecule has 1 aromatic rings. The average Bonchev–Trinajstić information content (AvgIpc) is 2.37. The van der Waals surface area contributed by atoms with E-state index in [0.717, 1.165) is 0 Å². The van der Waals surface area contributed by atoms with Crippen molar-refractivity contribution in [3.63, 3.8) is 0 Å². The zero-order chi connectivity index (χ0) is 14.4. The minimum absolute atomic E-state index is 0.183. The highest BCUT2D eigenvalue weighted by atomic mass is 16.2. The predicted molar refractivity (Wildman–Crippen MR) is 75.6 cm³/mol. The minimum Gasteiger partial charge on any atom is -0.399 e. The van der Waals surface area contributed by atoms with Gasteiger partial charge in [-0.3, -0.25) is 9.59 Å². The van der Waals surface area contributed by atoms with Crippen molar-refractivity contribution in [2.75, 3.05) is 12.8 Å². The number of amides is 2. The van der Waals surface area contributed by atoms with Crippen LogP contribution in [0.2, 0.25) is 0 Å². The van der Waals surface area contributed by atoms with Gasteiger partial charge in [0.2, 0.25) is 5.91 Å². The van der Waals surface area contributed by atoms with Crippen LogP contribution in [-0.2, 0) is 4.79 Å². The molecule has 0 aliphatic heterocycles. The van der Waals surface area contributed by atoms with E-state index < -0.39 is 6.04 Å². The number of benzene rings is 1. The Kier molecular flexibility index (Phi) is 5.36. The van der Waals surface area contributed by atoms with Crippen LogP contribution in [0.15, 0.2) is 24.3 Å². The monoisotopic (exact) mass is 263 g/mol. The normalized spacial score (nSPS) is 12.0. The SMILES string of the molecule is CNC(=O)C(CC(C)C)NC(=O)c1ccc(N)cc1. The second kappa shape index (κ2) is 6.78. The Morgan fingerprint density at radius 2 is 1.79 bits per heavy atom. The van der Waals surface area contributed by atoms with E-state index in [4.69, 9.17) is 5.73 Å². The van der Waals surface area contributed by atoms with E-state index in [1.165, 1.54) is 0 Å². The van der Waals surface area contributed by atoms with Crippen LogP contribution in [0.5, 0.6) is 0 Å². The van der Waals surface area contributed by atoms with Gasteiger partial charge in [0.1, 0.15) is 6.04 Å². The van der Waals surface area contributed by atoms with Crippen LogP contribution in [0.1, 0.15) is 30.6 Å². The lowest BCUT2D eigenvalue weighted by Crippen LogP contribution is -2.46. The Bertz CT molecular complexity index is 441. The van der Waals surface area contributed by atoms with E-state index in [1.54, 1.807) is 31.3 Å². The van der Waals surface area contributed by atoms with Crippen LogP contribution in [0.3, 0.4) is 0 Å². The first-order valence-corrected chi connectivity index (χ1v) is 6.32. The zero-order valence-corrected chi connectivity index (χ0v) is 11.6. The van der Waals surface area contributed by atoms with Gasteiger partial charge in [-0.05, 0) is 36.6 Å². The number of anilines is 1. The summed E-state index contributed by atoms with van der Waals surface area (Å²) in [6.45, 7) is 4.01. The Balaban J connectivity index is 2.75. The van der Waals surface area contributed by atoms with Crippen LogP contribution in [0.4, 0.5) is 5.69 Å². The van der Waals surface area contributed by atoms with Crippen molar-refractivity contribution in [3.05, 3.63) is 29.8 Å². The summed E-state index contributed by atoms with van der Waals surface area (Å²) in [5.74, 6) is -0.138. The number of carbonyl (C=O) groups excluding carboxylic acids is 2. The fraction of sp³-hybridized carbons (Fsp3) is 0.429. The average molecular weight is 263 g/mol. The van der Waals surface area contributed by atoms with E-state index in [0.29, 0.717) is 23.6 Å². The number of hydrogen-bond donors (Lipinski definition) is 3. The van der Waals surface area contributed by atoms with Crippen LogP contribution in [-0.4, -0.2) is 24.9 Å². The molecule has 0 aromatic heterocycles. The summed E-state index contributed by atoms with van der Waals surface area (Å²) in [6, 6.07) is 6.08. The molecule has 5 nitrogen and oxygen atoms in total. The highest BCUT2D eigenvalue weighted by molar-refractivity contribution is 5.97. The van der Waals surface area contributed by atoms with E-state index in [1.807, 2.05) is 13.8 Å². The largest absolute Gasteiger partial charge is 0.399 e. The molecule has 1 aromatic carbocycles.